The fraction of sp³-hybridized carbons (Fsp3) is 0.800. The molecule has 0 aromatic rings. The SMILES string of the molecule is CC(C)(C)OC(=O)NC1(C(=O)[O-])CC(F)(F)C1.[Na+]. The van der Waals surface area contributed by atoms with Crippen molar-refractivity contribution in [3.63, 3.8) is 0 Å². The second kappa shape index (κ2) is 5.30. The molecule has 1 N–H and O–H groups in total. The molecule has 1 saturated carbocycles. The summed E-state index contributed by atoms with van der Waals surface area (Å²) in [6.07, 6.45) is -2.99. The van der Waals surface area contributed by atoms with Gasteiger partial charge in [-0.1, -0.05) is 0 Å². The average molecular weight is 273 g/mol. The molecule has 5 nitrogen and oxygen atoms in total. The predicted octanol–water partition coefficient (Wildman–Crippen LogP) is -2.57. The molecule has 1 rings (SSSR count). The molecule has 0 saturated heterocycles. The fourth-order valence-corrected chi connectivity index (χ4v) is 1.61. The molecule has 0 atom stereocenters. The van der Waals surface area contributed by atoms with E-state index in [4.69, 9.17) is 4.74 Å². The van der Waals surface area contributed by atoms with Crippen LogP contribution < -0.4 is 40.0 Å². The molecule has 1 aliphatic rings. The van der Waals surface area contributed by atoms with E-state index < -0.39 is 42.0 Å². The Bertz CT molecular complexity index is 346. The van der Waals surface area contributed by atoms with Crippen molar-refractivity contribution < 1.29 is 57.8 Å². The number of hydrogen-bond acceptors (Lipinski definition) is 4. The first kappa shape index (κ1) is 17.6. The van der Waals surface area contributed by atoms with E-state index in [1.165, 1.54) is 0 Å². The van der Waals surface area contributed by atoms with E-state index in [2.05, 4.69) is 0 Å². The minimum Gasteiger partial charge on any atom is -0.548 e. The average Bonchev–Trinajstić information content (AvgIpc) is 1.94. The maximum Gasteiger partial charge on any atom is 1.00 e. The number of ether oxygens (including phenoxy) is 1. The van der Waals surface area contributed by atoms with Crippen LogP contribution in [0.2, 0.25) is 0 Å². The third kappa shape index (κ3) is 4.37. The van der Waals surface area contributed by atoms with Gasteiger partial charge in [-0.05, 0) is 20.8 Å². The van der Waals surface area contributed by atoms with E-state index in [9.17, 15) is 23.5 Å². The Morgan fingerprint density at radius 1 is 1.28 bits per heavy atom. The molecule has 0 unspecified atom stereocenters. The van der Waals surface area contributed by atoms with Crippen molar-refractivity contribution in [3.05, 3.63) is 0 Å². The number of amides is 1. The summed E-state index contributed by atoms with van der Waals surface area (Å²) in [6.45, 7) is 4.73. The molecule has 18 heavy (non-hydrogen) atoms. The number of alkyl halides is 2. The molecule has 1 amide bonds. The Balaban J connectivity index is 0.00000289. The molecular formula is C10H14F2NNaO4. The van der Waals surface area contributed by atoms with Crippen LogP contribution in [0.4, 0.5) is 13.6 Å². The van der Waals surface area contributed by atoms with Gasteiger partial charge >= 0.3 is 35.7 Å². The van der Waals surface area contributed by atoms with Crippen molar-refractivity contribution in [2.24, 2.45) is 0 Å². The van der Waals surface area contributed by atoms with Crippen molar-refractivity contribution in [2.75, 3.05) is 0 Å². The number of hydrogen-bond donors (Lipinski definition) is 1. The van der Waals surface area contributed by atoms with Crippen LogP contribution in [0.15, 0.2) is 0 Å². The van der Waals surface area contributed by atoms with Crippen molar-refractivity contribution in [1.29, 1.82) is 0 Å². The molecule has 1 fully saturated rings. The van der Waals surface area contributed by atoms with E-state index in [1.54, 1.807) is 20.8 Å². The predicted molar refractivity (Wildman–Crippen MR) is 51.3 cm³/mol. The molecule has 0 spiro atoms. The van der Waals surface area contributed by atoms with Crippen molar-refractivity contribution >= 4 is 12.1 Å². The number of carbonyl (C=O) groups excluding carboxylic acids is 2. The summed E-state index contributed by atoms with van der Waals surface area (Å²) in [4.78, 5) is 22.1. The fourth-order valence-electron chi connectivity index (χ4n) is 1.61. The number of rotatable bonds is 2. The van der Waals surface area contributed by atoms with E-state index in [0.29, 0.717) is 0 Å². The molecule has 0 radical (unpaired) electrons. The van der Waals surface area contributed by atoms with Crippen LogP contribution in [0, 0.1) is 0 Å². The van der Waals surface area contributed by atoms with Gasteiger partial charge in [-0.3, -0.25) is 0 Å². The van der Waals surface area contributed by atoms with Gasteiger partial charge in [-0.2, -0.15) is 0 Å². The number of carboxylic acids is 1. The summed E-state index contributed by atoms with van der Waals surface area (Å²) < 4.78 is 30.2. The summed E-state index contributed by atoms with van der Waals surface area (Å²) in [7, 11) is 0. The Morgan fingerprint density at radius 2 is 1.72 bits per heavy atom. The monoisotopic (exact) mass is 273 g/mol. The van der Waals surface area contributed by atoms with Crippen LogP contribution in [0.3, 0.4) is 0 Å². The van der Waals surface area contributed by atoms with Gasteiger partial charge in [0.25, 0.3) is 5.92 Å². The quantitative estimate of drug-likeness (QED) is 0.561. The first-order chi connectivity index (χ1) is 7.46. The van der Waals surface area contributed by atoms with Gasteiger partial charge in [0.05, 0.1) is 11.5 Å². The zero-order chi connectivity index (χ0) is 13.5. The van der Waals surface area contributed by atoms with E-state index in [1.807, 2.05) is 5.32 Å². The first-order valence-electron chi connectivity index (χ1n) is 5.06. The van der Waals surface area contributed by atoms with Crippen LogP contribution in [0.5, 0.6) is 0 Å². The van der Waals surface area contributed by atoms with Crippen LogP contribution in [0.1, 0.15) is 33.6 Å². The molecule has 0 heterocycles. The zero-order valence-corrected chi connectivity index (χ0v) is 12.8. The number of nitrogens with one attached hydrogen (secondary N) is 1. The Morgan fingerprint density at radius 3 is 2.00 bits per heavy atom. The van der Waals surface area contributed by atoms with Crippen LogP contribution in [0.25, 0.3) is 0 Å². The van der Waals surface area contributed by atoms with Crippen LogP contribution >= 0.6 is 0 Å². The smallest absolute Gasteiger partial charge is 0.548 e. The minimum atomic E-state index is -3.09. The first-order valence-corrected chi connectivity index (χ1v) is 5.06. The van der Waals surface area contributed by atoms with Crippen molar-refractivity contribution in [1.82, 2.24) is 5.32 Å². The van der Waals surface area contributed by atoms with Gasteiger partial charge in [0.2, 0.25) is 0 Å². The van der Waals surface area contributed by atoms with Crippen LogP contribution in [-0.2, 0) is 9.53 Å². The van der Waals surface area contributed by atoms with Crippen molar-refractivity contribution in [3.8, 4) is 0 Å². The Kier molecular flexibility index (Phi) is 5.19. The third-order valence-corrected chi connectivity index (χ3v) is 2.25. The standard InChI is InChI=1S/C10H15F2NO4.Na/c1-8(2,3)17-7(16)13-9(6(14)15)4-10(11,12)5-9;/h4-5H2,1-3H3,(H,13,16)(H,14,15);/q;+1/p-1. The maximum atomic E-state index is 12.7. The van der Waals surface area contributed by atoms with E-state index in [0.717, 1.165) is 0 Å². The summed E-state index contributed by atoms with van der Waals surface area (Å²) in [5.41, 5.74) is -2.85. The van der Waals surface area contributed by atoms with Crippen LogP contribution in [-0.4, -0.2) is 29.1 Å². The maximum absolute atomic E-state index is 12.7. The molecule has 0 bridgehead atoms. The minimum absolute atomic E-state index is 0. The molecule has 0 aliphatic heterocycles. The van der Waals surface area contributed by atoms with E-state index >= 15 is 0 Å². The third-order valence-electron chi connectivity index (χ3n) is 2.25. The van der Waals surface area contributed by atoms with Gasteiger partial charge in [0, 0.05) is 12.8 Å². The summed E-state index contributed by atoms with van der Waals surface area (Å²) in [6, 6.07) is 0. The van der Waals surface area contributed by atoms with Gasteiger partial charge in [0.15, 0.2) is 0 Å². The van der Waals surface area contributed by atoms with Gasteiger partial charge in [-0.15, -0.1) is 0 Å². The topological polar surface area (TPSA) is 78.5 Å². The van der Waals surface area contributed by atoms with E-state index in [-0.39, 0.29) is 29.6 Å². The Labute approximate surface area is 126 Å². The number of halogens is 2. The second-order valence-electron chi connectivity index (χ2n) is 5.21. The number of carboxylic acid groups (broad SMARTS) is 1. The van der Waals surface area contributed by atoms with Gasteiger partial charge in [0.1, 0.15) is 5.60 Å². The number of alkyl carbamates (subject to hydrolysis) is 1. The summed E-state index contributed by atoms with van der Waals surface area (Å²) >= 11 is 0. The molecule has 98 valence electrons. The molecule has 0 aromatic heterocycles. The summed E-state index contributed by atoms with van der Waals surface area (Å²) in [5.74, 6) is -4.82. The Hall–Kier alpha value is -0.400. The molecule has 1 aliphatic carbocycles. The number of aliphatic carboxylic acids is 1. The molecular weight excluding hydrogens is 259 g/mol. The zero-order valence-electron chi connectivity index (χ0n) is 10.8. The van der Waals surface area contributed by atoms with Crippen molar-refractivity contribution in [2.45, 2.75) is 50.7 Å². The molecule has 0 aromatic carbocycles. The van der Waals surface area contributed by atoms with Gasteiger partial charge in [-0.25, -0.2) is 13.6 Å². The summed E-state index contributed by atoms with van der Waals surface area (Å²) in [5, 5.41) is 12.7. The number of carbonyl (C=O) groups is 2. The molecule has 8 heteroatoms. The largest absolute Gasteiger partial charge is 1.00 e. The normalized spacial score (nSPS) is 20.1. The van der Waals surface area contributed by atoms with Gasteiger partial charge < -0.3 is 20.0 Å². The second-order valence-corrected chi connectivity index (χ2v) is 5.21.